The second-order valence-corrected chi connectivity index (χ2v) is 7.12. The van der Waals surface area contributed by atoms with E-state index in [1.807, 2.05) is 0 Å². The quantitative estimate of drug-likeness (QED) is 0.807. The summed E-state index contributed by atoms with van der Waals surface area (Å²) in [4.78, 5) is 2.90. The van der Waals surface area contributed by atoms with Crippen molar-refractivity contribution in [2.45, 2.75) is 76.9 Å². The van der Waals surface area contributed by atoms with E-state index in [0.717, 1.165) is 23.9 Å². The molecule has 0 aromatic rings. The Morgan fingerprint density at radius 2 is 1.83 bits per heavy atom. The zero-order valence-electron chi connectivity index (χ0n) is 12.4. The first-order valence-electron chi connectivity index (χ1n) is 8.18. The molecule has 3 aliphatic rings. The molecule has 2 atom stereocenters. The molecule has 3 rings (SSSR count). The number of nitrogens with one attached hydrogen (secondary N) is 1. The molecule has 2 nitrogen and oxygen atoms in total. The predicted molar refractivity (Wildman–Crippen MR) is 76.7 cm³/mol. The van der Waals surface area contributed by atoms with Gasteiger partial charge in [0.15, 0.2) is 0 Å². The number of nitrogens with zero attached hydrogens (tertiary/aromatic N) is 1. The van der Waals surface area contributed by atoms with Crippen molar-refractivity contribution in [3.8, 4) is 0 Å². The molecule has 18 heavy (non-hydrogen) atoms. The van der Waals surface area contributed by atoms with Crippen LogP contribution in [-0.4, -0.2) is 35.6 Å². The van der Waals surface area contributed by atoms with Crippen molar-refractivity contribution in [3.05, 3.63) is 0 Å². The van der Waals surface area contributed by atoms with Crippen LogP contribution < -0.4 is 5.32 Å². The van der Waals surface area contributed by atoms with E-state index < -0.39 is 0 Å². The monoisotopic (exact) mass is 250 g/mol. The van der Waals surface area contributed by atoms with E-state index >= 15 is 0 Å². The number of hydrogen-bond acceptors (Lipinski definition) is 2. The molecule has 2 aliphatic carbocycles. The van der Waals surface area contributed by atoms with Crippen molar-refractivity contribution in [1.29, 1.82) is 0 Å². The number of piperazine rings is 1. The highest BCUT2D eigenvalue weighted by Gasteiger charge is 2.49. The van der Waals surface area contributed by atoms with Crippen molar-refractivity contribution >= 4 is 0 Å². The summed E-state index contributed by atoms with van der Waals surface area (Å²) in [6, 6.07) is 1.65. The first-order valence-corrected chi connectivity index (χ1v) is 8.18. The summed E-state index contributed by atoms with van der Waals surface area (Å²) in [6.07, 6.45) is 8.50. The Morgan fingerprint density at radius 1 is 1.17 bits per heavy atom. The summed E-state index contributed by atoms with van der Waals surface area (Å²) in [6.45, 7) is 9.76. The highest BCUT2D eigenvalue weighted by Crippen LogP contribution is 2.45. The molecule has 2 saturated carbocycles. The molecule has 0 radical (unpaired) electrons. The van der Waals surface area contributed by atoms with E-state index in [4.69, 9.17) is 0 Å². The second kappa shape index (κ2) is 4.79. The molecule has 1 N–H and O–H groups in total. The van der Waals surface area contributed by atoms with Gasteiger partial charge in [0.1, 0.15) is 0 Å². The van der Waals surface area contributed by atoms with Gasteiger partial charge in [-0.1, -0.05) is 13.8 Å². The topological polar surface area (TPSA) is 15.3 Å². The largest absolute Gasteiger partial charge is 0.308 e. The van der Waals surface area contributed by atoms with Crippen molar-refractivity contribution in [2.24, 2.45) is 11.8 Å². The minimum Gasteiger partial charge on any atom is -0.308 e. The molecule has 0 spiro atoms. The van der Waals surface area contributed by atoms with E-state index in [0.29, 0.717) is 5.54 Å². The molecule has 0 aromatic carbocycles. The third-order valence-electron chi connectivity index (χ3n) is 5.71. The average molecular weight is 250 g/mol. The minimum atomic E-state index is 0.411. The van der Waals surface area contributed by atoms with Crippen molar-refractivity contribution in [3.63, 3.8) is 0 Å². The van der Waals surface area contributed by atoms with Gasteiger partial charge in [-0.15, -0.1) is 0 Å². The average Bonchev–Trinajstić information content (AvgIpc) is 3.22. The van der Waals surface area contributed by atoms with Crippen molar-refractivity contribution < 1.29 is 0 Å². The summed E-state index contributed by atoms with van der Waals surface area (Å²) in [5.41, 5.74) is 0.411. The minimum absolute atomic E-state index is 0.411. The second-order valence-electron chi connectivity index (χ2n) is 7.12. The van der Waals surface area contributed by atoms with Gasteiger partial charge in [-0.05, 0) is 57.3 Å². The molecule has 1 aliphatic heterocycles. The maximum atomic E-state index is 3.92. The molecule has 0 aromatic heterocycles. The van der Waals surface area contributed by atoms with Gasteiger partial charge < -0.3 is 5.32 Å². The van der Waals surface area contributed by atoms with Gasteiger partial charge in [0, 0.05) is 30.7 Å². The first-order chi connectivity index (χ1) is 8.68. The highest BCUT2D eigenvalue weighted by molar-refractivity contribution is 5.07. The SMILES string of the molecule is CCC(CC)N1CC(C)(C2CC2)NCC1C1CC1. The molecule has 2 unspecified atom stereocenters. The van der Waals surface area contributed by atoms with Crippen LogP contribution in [0.5, 0.6) is 0 Å². The smallest absolute Gasteiger partial charge is 0.0309 e. The Balaban J connectivity index is 1.74. The summed E-state index contributed by atoms with van der Waals surface area (Å²) < 4.78 is 0. The summed E-state index contributed by atoms with van der Waals surface area (Å²) >= 11 is 0. The fourth-order valence-electron chi connectivity index (χ4n) is 4.08. The summed E-state index contributed by atoms with van der Waals surface area (Å²) in [7, 11) is 0. The Hall–Kier alpha value is -0.0800. The summed E-state index contributed by atoms with van der Waals surface area (Å²) in [5, 5.41) is 3.92. The molecule has 0 bridgehead atoms. The van der Waals surface area contributed by atoms with Gasteiger partial charge in [0.25, 0.3) is 0 Å². The first kappa shape index (κ1) is 12.9. The van der Waals surface area contributed by atoms with Crippen LogP contribution in [0.4, 0.5) is 0 Å². The number of hydrogen-bond donors (Lipinski definition) is 1. The Bertz CT molecular complexity index is 291. The van der Waals surface area contributed by atoms with Crippen LogP contribution in [-0.2, 0) is 0 Å². The van der Waals surface area contributed by atoms with Crippen LogP contribution >= 0.6 is 0 Å². The van der Waals surface area contributed by atoms with Crippen LogP contribution in [0.15, 0.2) is 0 Å². The molecule has 2 heteroatoms. The molecule has 0 amide bonds. The van der Waals surface area contributed by atoms with Gasteiger partial charge in [-0.3, -0.25) is 4.90 Å². The van der Waals surface area contributed by atoms with Gasteiger partial charge in [-0.2, -0.15) is 0 Å². The van der Waals surface area contributed by atoms with E-state index in [9.17, 15) is 0 Å². The Morgan fingerprint density at radius 3 is 2.33 bits per heavy atom. The third-order valence-corrected chi connectivity index (χ3v) is 5.71. The van der Waals surface area contributed by atoms with Crippen molar-refractivity contribution in [2.75, 3.05) is 13.1 Å². The van der Waals surface area contributed by atoms with Crippen LogP contribution in [0.3, 0.4) is 0 Å². The standard InChI is InChI=1S/C16H30N2/c1-4-14(5-2)18-11-16(3,13-8-9-13)17-10-15(18)12-6-7-12/h12-15,17H,4-11H2,1-3H3. The van der Waals surface area contributed by atoms with Crippen LogP contribution in [0.2, 0.25) is 0 Å². The molecule has 104 valence electrons. The van der Waals surface area contributed by atoms with Crippen molar-refractivity contribution in [1.82, 2.24) is 10.2 Å². The van der Waals surface area contributed by atoms with Gasteiger partial charge in [0.05, 0.1) is 0 Å². The Kier molecular flexibility index (Phi) is 3.44. The zero-order valence-corrected chi connectivity index (χ0v) is 12.4. The van der Waals surface area contributed by atoms with E-state index in [1.165, 1.54) is 51.6 Å². The van der Waals surface area contributed by atoms with E-state index in [-0.39, 0.29) is 0 Å². The van der Waals surface area contributed by atoms with Crippen LogP contribution in [0.25, 0.3) is 0 Å². The van der Waals surface area contributed by atoms with E-state index in [1.54, 1.807) is 0 Å². The molecular weight excluding hydrogens is 220 g/mol. The number of rotatable bonds is 5. The lowest BCUT2D eigenvalue weighted by atomic mass is 9.88. The van der Waals surface area contributed by atoms with Gasteiger partial charge in [-0.25, -0.2) is 0 Å². The fraction of sp³-hybridized carbons (Fsp3) is 1.00. The lowest BCUT2D eigenvalue weighted by Crippen LogP contribution is -2.66. The molecule has 3 fully saturated rings. The molecular formula is C16H30N2. The molecule has 1 heterocycles. The van der Waals surface area contributed by atoms with Crippen LogP contribution in [0.1, 0.15) is 59.3 Å². The predicted octanol–water partition coefficient (Wildman–Crippen LogP) is 3.03. The fourth-order valence-corrected chi connectivity index (χ4v) is 4.08. The van der Waals surface area contributed by atoms with Gasteiger partial charge >= 0.3 is 0 Å². The Labute approximate surface area is 113 Å². The molecule has 1 saturated heterocycles. The highest BCUT2D eigenvalue weighted by atomic mass is 15.3. The summed E-state index contributed by atoms with van der Waals surface area (Å²) in [5.74, 6) is 1.95. The normalized spacial score (nSPS) is 38.3. The third kappa shape index (κ3) is 2.34. The maximum absolute atomic E-state index is 3.92. The lowest BCUT2D eigenvalue weighted by Gasteiger charge is -2.50. The van der Waals surface area contributed by atoms with Crippen LogP contribution in [0, 0.1) is 11.8 Å². The van der Waals surface area contributed by atoms with E-state index in [2.05, 4.69) is 31.0 Å². The van der Waals surface area contributed by atoms with Gasteiger partial charge in [0.2, 0.25) is 0 Å². The zero-order chi connectivity index (χ0) is 12.8. The lowest BCUT2D eigenvalue weighted by molar-refractivity contribution is 0.0256. The maximum Gasteiger partial charge on any atom is 0.0309 e.